The Bertz CT molecular complexity index is 289. The first-order chi connectivity index (χ1) is 6.19. The van der Waals surface area contributed by atoms with Crippen LogP contribution in [0.3, 0.4) is 0 Å². The Balaban J connectivity index is 2.95. The third kappa shape index (κ3) is 2.17. The fourth-order valence-electron chi connectivity index (χ4n) is 1.12. The van der Waals surface area contributed by atoms with Gasteiger partial charge in [-0.25, -0.2) is 4.98 Å². The molecule has 0 aliphatic rings. The molecule has 0 aliphatic heterocycles. The maximum atomic E-state index is 9.41. The number of nitrogens with zero attached hydrogens (tertiary/aromatic N) is 1. The summed E-state index contributed by atoms with van der Waals surface area (Å²) in [7, 11) is 1.56. The lowest BCUT2D eigenvalue weighted by Gasteiger charge is -2.09. The molecule has 0 radical (unpaired) electrons. The molecule has 1 aromatic rings. The number of aliphatic hydroxyl groups is 1. The zero-order chi connectivity index (χ0) is 9.84. The molecule has 1 aromatic heterocycles. The molecule has 1 unspecified atom stereocenters. The van der Waals surface area contributed by atoms with Crippen molar-refractivity contribution in [1.29, 1.82) is 0 Å². The summed E-state index contributed by atoms with van der Waals surface area (Å²) in [6, 6.07) is 1.82. The summed E-state index contributed by atoms with van der Waals surface area (Å²) >= 11 is 0. The maximum absolute atomic E-state index is 9.41. The molecule has 4 heteroatoms. The van der Waals surface area contributed by atoms with Crippen LogP contribution in [0.5, 0.6) is 5.88 Å². The standard InChI is InChI=1S/C9H14N2O2/c1-6-3-7(8(12)4-10)5-11-9(6)13-2/h3,5,8,12H,4,10H2,1-2H3. The number of hydrogen-bond acceptors (Lipinski definition) is 4. The Labute approximate surface area is 77.4 Å². The van der Waals surface area contributed by atoms with Crippen LogP contribution in [-0.4, -0.2) is 23.7 Å². The second-order valence-corrected chi connectivity index (χ2v) is 2.85. The molecule has 1 rings (SSSR count). The van der Waals surface area contributed by atoms with Gasteiger partial charge in [0.05, 0.1) is 13.2 Å². The fraction of sp³-hybridized carbons (Fsp3) is 0.444. The van der Waals surface area contributed by atoms with Crippen molar-refractivity contribution in [3.8, 4) is 5.88 Å². The predicted molar refractivity (Wildman–Crippen MR) is 49.5 cm³/mol. The van der Waals surface area contributed by atoms with Crippen molar-refractivity contribution in [3.05, 3.63) is 23.4 Å². The molecule has 0 bridgehead atoms. The van der Waals surface area contributed by atoms with Crippen molar-refractivity contribution >= 4 is 0 Å². The normalized spacial score (nSPS) is 12.6. The van der Waals surface area contributed by atoms with E-state index in [1.807, 2.05) is 13.0 Å². The largest absolute Gasteiger partial charge is 0.481 e. The van der Waals surface area contributed by atoms with Crippen LogP contribution in [0, 0.1) is 6.92 Å². The van der Waals surface area contributed by atoms with Crippen LogP contribution in [-0.2, 0) is 0 Å². The number of rotatable bonds is 3. The van der Waals surface area contributed by atoms with Crippen molar-refractivity contribution < 1.29 is 9.84 Å². The van der Waals surface area contributed by atoms with Crippen molar-refractivity contribution in [3.63, 3.8) is 0 Å². The molecule has 0 amide bonds. The van der Waals surface area contributed by atoms with Crippen molar-refractivity contribution in [2.75, 3.05) is 13.7 Å². The number of hydrogen-bond donors (Lipinski definition) is 2. The lowest BCUT2D eigenvalue weighted by Crippen LogP contribution is -2.12. The zero-order valence-corrected chi connectivity index (χ0v) is 7.82. The quantitative estimate of drug-likeness (QED) is 0.709. The molecule has 0 aromatic carbocycles. The first-order valence-corrected chi connectivity index (χ1v) is 4.07. The molecule has 13 heavy (non-hydrogen) atoms. The molecule has 0 saturated heterocycles. The van der Waals surface area contributed by atoms with Gasteiger partial charge in [-0.05, 0) is 13.0 Å². The Morgan fingerprint density at radius 1 is 1.69 bits per heavy atom. The minimum Gasteiger partial charge on any atom is -0.481 e. The van der Waals surface area contributed by atoms with E-state index in [-0.39, 0.29) is 6.54 Å². The van der Waals surface area contributed by atoms with Gasteiger partial charge in [-0.2, -0.15) is 0 Å². The van der Waals surface area contributed by atoms with Gasteiger partial charge >= 0.3 is 0 Å². The third-order valence-corrected chi connectivity index (χ3v) is 1.85. The molecule has 0 fully saturated rings. The molecule has 0 saturated carbocycles. The number of aryl methyl sites for hydroxylation is 1. The van der Waals surface area contributed by atoms with Crippen LogP contribution in [0.4, 0.5) is 0 Å². The van der Waals surface area contributed by atoms with Crippen LogP contribution in [0.15, 0.2) is 12.3 Å². The van der Waals surface area contributed by atoms with Crippen LogP contribution in [0.25, 0.3) is 0 Å². The third-order valence-electron chi connectivity index (χ3n) is 1.85. The molecule has 3 N–H and O–H groups in total. The summed E-state index contributed by atoms with van der Waals surface area (Å²) in [5.41, 5.74) is 6.93. The molecule has 1 heterocycles. The Morgan fingerprint density at radius 2 is 2.38 bits per heavy atom. The lowest BCUT2D eigenvalue weighted by atomic mass is 10.1. The van der Waals surface area contributed by atoms with Crippen molar-refractivity contribution in [2.45, 2.75) is 13.0 Å². The summed E-state index contributed by atoms with van der Waals surface area (Å²) in [4.78, 5) is 4.03. The number of aromatic nitrogens is 1. The molecular formula is C9H14N2O2. The molecule has 0 aliphatic carbocycles. The van der Waals surface area contributed by atoms with E-state index < -0.39 is 6.10 Å². The van der Waals surface area contributed by atoms with E-state index in [0.29, 0.717) is 5.88 Å². The van der Waals surface area contributed by atoms with E-state index in [4.69, 9.17) is 10.5 Å². The first kappa shape index (κ1) is 9.95. The second kappa shape index (κ2) is 4.20. The van der Waals surface area contributed by atoms with Gasteiger partial charge in [-0.1, -0.05) is 0 Å². The fourth-order valence-corrected chi connectivity index (χ4v) is 1.12. The van der Waals surface area contributed by atoms with Crippen LogP contribution >= 0.6 is 0 Å². The Hall–Kier alpha value is -1.13. The molecule has 72 valence electrons. The molecular weight excluding hydrogens is 168 g/mol. The molecule has 1 atom stereocenters. The highest BCUT2D eigenvalue weighted by Crippen LogP contribution is 2.18. The monoisotopic (exact) mass is 182 g/mol. The number of pyridine rings is 1. The van der Waals surface area contributed by atoms with Gasteiger partial charge in [-0.15, -0.1) is 0 Å². The Kier molecular flexibility index (Phi) is 3.22. The van der Waals surface area contributed by atoms with E-state index in [0.717, 1.165) is 11.1 Å². The summed E-state index contributed by atoms with van der Waals surface area (Å²) in [5, 5.41) is 9.41. The van der Waals surface area contributed by atoms with Gasteiger partial charge in [0.25, 0.3) is 0 Å². The van der Waals surface area contributed by atoms with Gasteiger partial charge in [0.15, 0.2) is 0 Å². The summed E-state index contributed by atoms with van der Waals surface area (Å²) < 4.78 is 4.99. The predicted octanol–water partition coefficient (Wildman–Crippen LogP) is 0.391. The molecule has 0 spiro atoms. The highest BCUT2D eigenvalue weighted by atomic mass is 16.5. The van der Waals surface area contributed by atoms with Gasteiger partial charge in [0.1, 0.15) is 0 Å². The minimum atomic E-state index is -0.642. The van der Waals surface area contributed by atoms with Gasteiger partial charge in [0.2, 0.25) is 5.88 Å². The van der Waals surface area contributed by atoms with E-state index in [1.165, 1.54) is 0 Å². The minimum absolute atomic E-state index is 0.202. The highest BCUT2D eigenvalue weighted by Gasteiger charge is 2.07. The van der Waals surface area contributed by atoms with E-state index in [2.05, 4.69) is 4.98 Å². The van der Waals surface area contributed by atoms with Gasteiger partial charge in [-0.3, -0.25) is 0 Å². The highest BCUT2D eigenvalue weighted by molar-refractivity contribution is 5.29. The maximum Gasteiger partial charge on any atom is 0.215 e. The lowest BCUT2D eigenvalue weighted by molar-refractivity contribution is 0.186. The summed E-state index contributed by atoms with van der Waals surface area (Å²) in [6.45, 7) is 2.08. The van der Waals surface area contributed by atoms with Gasteiger partial charge in [0, 0.05) is 23.9 Å². The average Bonchev–Trinajstić information content (AvgIpc) is 2.16. The van der Waals surface area contributed by atoms with Crippen molar-refractivity contribution in [2.24, 2.45) is 5.73 Å². The SMILES string of the molecule is COc1ncc(C(O)CN)cc1C. The molecule has 4 nitrogen and oxygen atoms in total. The van der Waals surface area contributed by atoms with E-state index in [1.54, 1.807) is 13.3 Å². The number of methoxy groups -OCH3 is 1. The smallest absolute Gasteiger partial charge is 0.215 e. The zero-order valence-electron chi connectivity index (χ0n) is 7.82. The van der Waals surface area contributed by atoms with Crippen LogP contribution in [0.1, 0.15) is 17.2 Å². The number of nitrogens with two attached hydrogens (primary N) is 1. The Morgan fingerprint density at radius 3 is 2.85 bits per heavy atom. The summed E-state index contributed by atoms with van der Waals surface area (Å²) in [5.74, 6) is 0.577. The van der Waals surface area contributed by atoms with Crippen LogP contribution in [0.2, 0.25) is 0 Å². The van der Waals surface area contributed by atoms with E-state index in [9.17, 15) is 5.11 Å². The topological polar surface area (TPSA) is 68.4 Å². The second-order valence-electron chi connectivity index (χ2n) is 2.85. The number of ether oxygens (including phenoxy) is 1. The number of aliphatic hydroxyl groups excluding tert-OH is 1. The average molecular weight is 182 g/mol. The van der Waals surface area contributed by atoms with Gasteiger partial charge < -0.3 is 15.6 Å². The van der Waals surface area contributed by atoms with E-state index >= 15 is 0 Å². The van der Waals surface area contributed by atoms with Crippen molar-refractivity contribution in [1.82, 2.24) is 4.98 Å². The summed E-state index contributed by atoms with van der Waals surface area (Å²) in [6.07, 6.45) is 0.931. The van der Waals surface area contributed by atoms with Crippen LogP contribution < -0.4 is 10.5 Å². The first-order valence-electron chi connectivity index (χ1n) is 4.07.